The predicted molar refractivity (Wildman–Crippen MR) is 173 cm³/mol. The summed E-state index contributed by atoms with van der Waals surface area (Å²) in [5.41, 5.74) is 7.10. The highest BCUT2D eigenvalue weighted by atomic mass is 15.1. The number of nitrogens with one attached hydrogen (secondary N) is 1. The second kappa shape index (κ2) is 13.5. The summed E-state index contributed by atoms with van der Waals surface area (Å²) in [6, 6.07) is 58.0. The zero-order chi connectivity index (χ0) is 27.4. The molecule has 7 aromatic rings. The van der Waals surface area contributed by atoms with Crippen LogP contribution in [0.1, 0.15) is 5.56 Å². The number of anilines is 3. The second-order valence-corrected chi connectivity index (χ2v) is 9.17. The molecule has 2 heteroatoms. The van der Waals surface area contributed by atoms with Gasteiger partial charge in [0.15, 0.2) is 0 Å². The molecule has 7 rings (SSSR count). The Bertz CT molecular complexity index is 1600. The van der Waals surface area contributed by atoms with Crippen molar-refractivity contribution in [2.75, 3.05) is 4.90 Å². The fraction of sp³-hybridized carbons (Fsp3) is 0. The maximum absolute atomic E-state index is 3.63. The van der Waals surface area contributed by atoms with Crippen LogP contribution in [-0.2, 0) is 0 Å². The molecule has 0 atom stereocenters. The number of benzene rings is 6. The van der Waals surface area contributed by atoms with Crippen LogP contribution in [-0.4, -0.2) is 4.98 Å². The Morgan fingerprint density at radius 1 is 0.400 bits per heavy atom. The number of H-pyrrole nitrogens is 1. The minimum atomic E-state index is 1.17. The molecular formula is C38H32N2. The average molecular weight is 517 g/mol. The van der Waals surface area contributed by atoms with Crippen molar-refractivity contribution < 1.29 is 0 Å². The van der Waals surface area contributed by atoms with Crippen LogP contribution in [0.15, 0.2) is 176 Å². The lowest BCUT2D eigenvalue weighted by Gasteiger charge is -2.25. The van der Waals surface area contributed by atoms with Crippen molar-refractivity contribution in [3.63, 3.8) is 0 Å². The number of hydrogen-bond donors (Lipinski definition) is 1. The highest BCUT2D eigenvalue weighted by Crippen LogP contribution is 2.33. The first-order valence-corrected chi connectivity index (χ1v) is 13.4. The van der Waals surface area contributed by atoms with Crippen LogP contribution >= 0.6 is 0 Å². The number of aromatic nitrogens is 1. The van der Waals surface area contributed by atoms with Crippen LogP contribution in [0.3, 0.4) is 0 Å². The van der Waals surface area contributed by atoms with Gasteiger partial charge in [0.05, 0.1) is 0 Å². The molecule has 194 valence electrons. The van der Waals surface area contributed by atoms with Gasteiger partial charge in [0, 0.05) is 38.9 Å². The fourth-order valence-corrected chi connectivity index (χ4v) is 4.57. The summed E-state index contributed by atoms with van der Waals surface area (Å²) in [5.74, 6) is 0. The molecule has 1 aromatic heterocycles. The number of aromatic amines is 1. The van der Waals surface area contributed by atoms with Gasteiger partial charge in [-0.25, -0.2) is 0 Å². The van der Waals surface area contributed by atoms with Crippen molar-refractivity contribution in [2.24, 2.45) is 0 Å². The first-order chi connectivity index (χ1) is 19.8. The van der Waals surface area contributed by atoms with Gasteiger partial charge in [0.1, 0.15) is 0 Å². The summed E-state index contributed by atoms with van der Waals surface area (Å²) in [4.78, 5) is 5.63. The van der Waals surface area contributed by atoms with E-state index in [0.29, 0.717) is 0 Å². The summed E-state index contributed by atoms with van der Waals surface area (Å²) in [6.45, 7) is 3.63. The number of nitrogens with zero attached hydrogens (tertiary/aromatic N) is 1. The maximum Gasteiger partial charge on any atom is 0.0464 e. The van der Waals surface area contributed by atoms with Gasteiger partial charge in [-0.3, -0.25) is 0 Å². The molecule has 0 aliphatic heterocycles. The topological polar surface area (TPSA) is 19.0 Å². The van der Waals surface area contributed by atoms with Gasteiger partial charge in [-0.15, -0.1) is 0 Å². The Morgan fingerprint density at radius 2 is 0.725 bits per heavy atom. The molecule has 0 bridgehead atoms. The lowest BCUT2D eigenvalue weighted by atomic mass is 10.2. The molecule has 2 nitrogen and oxygen atoms in total. The molecular weight excluding hydrogens is 484 g/mol. The molecule has 1 heterocycles. The van der Waals surface area contributed by atoms with Gasteiger partial charge in [0.25, 0.3) is 0 Å². The van der Waals surface area contributed by atoms with Crippen LogP contribution < -0.4 is 4.90 Å². The van der Waals surface area contributed by atoms with Crippen LogP contribution in [0.4, 0.5) is 17.1 Å². The van der Waals surface area contributed by atoms with Gasteiger partial charge in [-0.1, -0.05) is 134 Å². The third-order valence-corrected chi connectivity index (χ3v) is 6.49. The first-order valence-electron chi connectivity index (χ1n) is 13.4. The van der Waals surface area contributed by atoms with Crippen LogP contribution in [0.5, 0.6) is 0 Å². The van der Waals surface area contributed by atoms with Crippen molar-refractivity contribution >= 4 is 44.9 Å². The van der Waals surface area contributed by atoms with Crippen molar-refractivity contribution in [1.82, 2.24) is 4.98 Å². The van der Waals surface area contributed by atoms with Crippen molar-refractivity contribution in [3.8, 4) is 0 Å². The van der Waals surface area contributed by atoms with E-state index in [4.69, 9.17) is 0 Å². The molecule has 0 aliphatic carbocycles. The monoisotopic (exact) mass is 516 g/mol. The minimum Gasteiger partial charge on any atom is -0.355 e. The molecule has 40 heavy (non-hydrogen) atoms. The Hall–Kier alpha value is -5.34. The van der Waals surface area contributed by atoms with Gasteiger partial charge in [-0.05, 0) is 54.1 Å². The molecule has 0 amide bonds. The average Bonchev–Trinajstić information content (AvgIpc) is 3.43. The molecule has 6 aromatic carbocycles. The number of hydrogen-bond acceptors (Lipinski definition) is 1. The lowest BCUT2D eigenvalue weighted by Crippen LogP contribution is -2.09. The third-order valence-electron chi connectivity index (χ3n) is 6.49. The lowest BCUT2D eigenvalue weighted by molar-refractivity contribution is 1.28. The molecule has 0 saturated heterocycles. The summed E-state index contributed by atoms with van der Waals surface area (Å²) in [7, 11) is 0. The molecule has 0 radical (unpaired) electrons. The standard InChI is InChI=1S/C18H15N.C12H9N.C8H8/c1-4-10-16(11-5-1)19(17-12-6-2-7-13-17)18-14-8-3-9-15-18;1-3-7-11-9(5-1)10-6-2-4-8-12(10)13-11;1-2-8-6-4-3-5-7-8/h1-15H;1-8,13H;2-7H,1H2. The molecule has 0 aliphatic rings. The molecule has 0 saturated carbocycles. The van der Waals surface area contributed by atoms with E-state index in [1.165, 1.54) is 44.4 Å². The van der Waals surface area contributed by atoms with E-state index in [-0.39, 0.29) is 0 Å². The fourth-order valence-electron chi connectivity index (χ4n) is 4.57. The van der Waals surface area contributed by atoms with E-state index in [0.717, 1.165) is 0 Å². The molecule has 1 N–H and O–H groups in total. The van der Waals surface area contributed by atoms with Gasteiger partial charge in [0.2, 0.25) is 0 Å². The maximum atomic E-state index is 3.63. The largest absolute Gasteiger partial charge is 0.355 e. The summed E-state index contributed by atoms with van der Waals surface area (Å²) in [6.07, 6.45) is 1.83. The van der Waals surface area contributed by atoms with E-state index in [1.54, 1.807) is 0 Å². The second-order valence-electron chi connectivity index (χ2n) is 9.17. The SMILES string of the molecule is C=Cc1ccccc1.c1ccc(N(c2ccccc2)c2ccccc2)cc1.c1ccc2c(c1)[nH]c1ccccc12. The predicted octanol–water partition coefficient (Wildman–Crippen LogP) is 10.8. The zero-order valence-electron chi connectivity index (χ0n) is 22.4. The highest BCUT2D eigenvalue weighted by Gasteiger charge is 2.10. The van der Waals surface area contributed by atoms with Gasteiger partial charge in [-0.2, -0.15) is 0 Å². The summed E-state index contributed by atoms with van der Waals surface area (Å²) < 4.78 is 0. The van der Waals surface area contributed by atoms with Crippen molar-refractivity contribution in [3.05, 3.63) is 182 Å². The molecule has 0 fully saturated rings. The Morgan fingerprint density at radius 3 is 1.07 bits per heavy atom. The summed E-state index contributed by atoms with van der Waals surface area (Å²) in [5, 5.41) is 2.61. The van der Waals surface area contributed by atoms with E-state index in [9.17, 15) is 0 Å². The number of rotatable bonds is 4. The van der Waals surface area contributed by atoms with E-state index < -0.39 is 0 Å². The van der Waals surface area contributed by atoms with Crippen LogP contribution in [0, 0.1) is 0 Å². The minimum absolute atomic E-state index is 1.17. The Labute approximate surface area is 236 Å². The van der Waals surface area contributed by atoms with Gasteiger partial charge < -0.3 is 9.88 Å². The van der Waals surface area contributed by atoms with Crippen LogP contribution in [0.25, 0.3) is 27.9 Å². The van der Waals surface area contributed by atoms with Crippen LogP contribution in [0.2, 0.25) is 0 Å². The zero-order valence-corrected chi connectivity index (χ0v) is 22.4. The quantitative estimate of drug-likeness (QED) is 0.246. The van der Waals surface area contributed by atoms with Crippen molar-refractivity contribution in [1.29, 1.82) is 0 Å². The van der Waals surface area contributed by atoms with E-state index in [2.05, 4.69) is 138 Å². The Balaban J connectivity index is 0.000000132. The third kappa shape index (κ3) is 6.56. The number of para-hydroxylation sites is 5. The normalized spacial score (nSPS) is 10.1. The first kappa shape index (κ1) is 26.3. The van der Waals surface area contributed by atoms with E-state index >= 15 is 0 Å². The smallest absolute Gasteiger partial charge is 0.0464 e. The molecule has 0 unspecified atom stereocenters. The number of fused-ring (bicyclic) bond motifs is 3. The highest BCUT2D eigenvalue weighted by molar-refractivity contribution is 6.06. The summed E-state index contributed by atoms with van der Waals surface area (Å²) >= 11 is 0. The van der Waals surface area contributed by atoms with Crippen molar-refractivity contribution in [2.45, 2.75) is 0 Å². The van der Waals surface area contributed by atoms with E-state index in [1.807, 2.05) is 54.6 Å². The molecule has 0 spiro atoms. The van der Waals surface area contributed by atoms with Gasteiger partial charge >= 0.3 is 0 Å². The Kier molecular flexibility index (Phi) is 8.84.